The van der Waals surface area contributed by atoms with Crippen molar-refractivity contribution in [2.45, 2.75) is 25.9 Å². The topological polar surface area (TPSA) is 55.1 Å². The highest BCUT2D eigenvalue weighted by Gasteiger charge is 2.36. The van der Waals surface area contributed by atoms with E-state index in [-0.39, 0.29) is 24.2 Å². The molecule has 5 aromatic rings. The summed E-state index contributed by atoms with van der Waals surface area (Å²) < 4.78 is 31.4. The number of benzene rings is 3. The molecular weight excluding hydrogens is 484 g/mol. The zero-order valence-electron chi connectivity index (χ0n) is 20.7. The molecule has 8 heteroatoms. The SMILES string of the molecule is CCc1nn(-c2ccccc2)c2c1CN(C(=O)Nc1ccc(F)cc1)[C@@H](c1ccc(F)cc1)c1cccn1-2. The van der Waals surface area contributed by atoms with E-state index in [1.807, 2.05) is 60.3 Å². The van der Waals surface area contributed by atoms with E-state index in [0.29, 0.717) is 12.1 Å². The second-order valence-corrected chi connectivity index (χ2v) is 9.17. The summed E-state index contributed by atoms with van der Waals surface area (Å²) in [4.78, 5) is 15.6. The van der Waals surface area contributed by atoms with E-state index in [2.05, 4.69) is 9.88 Å². The van der Waals surface area contributed by atoms with Crippen LogP contribution in [0.5, 0.6) is 0 Å². The Balaban J connectivity index is 1.54. The summed E-state index contributed by atoms with van der Waals surface area (Å²) in [5.41, 5.74) is 4.79. The number of aromatic nitrogens is 3. The van der Waals surface area contributed by atoms with Crippen LogP contribution in [-0.4, -0.2) is 25.3 Å². The molecule has 38 heavy (non-hydrogen) atoms. The second-order valence-electron chi connectivity index (χ2n) is 9.17. The molecule has 0 spiro atoms. The lowest BCUT2D eigenvalue weighted by atomic mass is 10.0. The largest absolute Gasteiger partial charge is 0.322 e. The maximum Gasteiger partial charge on any atom is 0.322 e. The van der Waals surface area contributed by atoms with E-state index < -0.39 is 6.04 Å². The van der Waals surface area contributed by atoms with Crippen molar-refractivity contribution in [1.29, 1.82) is 0 Å². The van der Waals surface area contributed by atoms with Crippen molar-refractivity contribution in [3.63, 3.8) is 0 Å². The number of hydrogen-bond acceptors (Lipinski definition) is 2. The molecule has 190 valence electrons. The van der Waals surface area contributed by atoms with Gasteiger partial charge in [-0.3, -0.25) is 0 Å². The average molecular weight is 510 g/mol. The third-order valence-electron chi connectivity index (χ3n) is 6.85. The molecule has 1 N–H and O–H groups in total. The number of para-hydroxylation sites is 1. The van der Waals surface area contributed by atoms with E-state index >= 15 is 0 Å². The van der Waals surface area contributed by atoms with Crippen LogP contribution in [0, 0.1) is 11.6 Å². The number of carbonyl (C=O) groups is 1. The number of aryl methyl sites for hydroxylation is 1. The molecule has 0 saturated heterocycles. The normalized spacial score (nSPS) is 14.5. The van der Waals surface area contributed by atoms with Gasteiger partial charge >= 0.3 is 6.03 Å². The first-order chi connectivity index (χ1) is 18.5. The van der Waals surface area contributed by atoms with Crippen LogP contribution in [0.1, 0.15) is 35.5 Å². The van der Waals surface area contributed by atoms with Crippen LogP contribution in [0.3, 0.4) is 0 Å². The molecule has 1 aliphatic rings. The van der Waals surface area contributed by atoms with E-state index in [0.717, 1.165) is 34.0 Å². The molecule has 6 rings (SSSR count). The molecule has 3 heterocycles. The highest BCUT2D eigenvalue weighted by atomic mass is 19.1. The van der Waals surface area contributed by atoms with Gasteiger partial charge in [-0.05, 0) is 72.6 Å². The third-order valence-corrected chi connectivity index (χ3v) is 6.85. The zero-order chi connectivity index (χ0) is 26.2. The number of carbonyl (C=O) groups excluding carboxylic acids is 1. The van der Waals surface area contributed by atoms with Gasteiger partial charge in [-0.15, -0.1) is 0 Å². The highest BCUT2D eigenvalue weighted by Crippen LogP contribution is 2.39. The smallest absolute Gasteiger partial charge is 0.308 e. The minimum absolute atomic E-state index is 0.266. The van der Waals surface area contributed by atoms with E-state index in [1.165, 1.54) is 36.4 Å². The lowest BCUT2D eigenvalue weighted by Gasteiger charge is -2.31. The molecule has 3 aromatic carbocycles. The standard InChI is InChI=1S/C30H25F2N5O/c1-2-26-25-19-36(30(38)33-23-16-14-22(32)15-17-23)28(20-10-12-21(31)13-11-20)27-9-6-18-35(27)29(25)37(34-26)24-7-4-3-5-8-24/h3-18,28H,2,19H2,1H3,(H,33,38)/t28-/m0/s1. The number of nitrogens with zero attached hydrogens (tertiary/aromatic N) is 4. The van der Waals surface area contributed by atoms with Gasteiger partial charge < -0.3 is 14.8 Å². The first kappa shape index (κ1) is 23.7. The lowest BCUT2D eigenvalue weighted by Crippen LogP contribution is -2.38. The molecule has 0 radical (unpaired) electrons. The molecule has 1 atom stereocenters. The van der Waals surface area contributed by atoms with Gasteiger partial charge in [0.2, 0.25) is 0 Å². The van der Waals surface area contributed by atoms with Crippen LogP contribution < -0.4 is 5.32 Å². The van der Waals surface area contributed by atoms with Crippen molar-refractivity contribution in [3.05, 3.63) is 131 Å². The lowest BCUT2D eigenvalue weighted by molar-refractivity contribution is 0.194. The number of amides is 2. The monoisotopic (exact) mass is 509 g/mol. The second kappa shape index (κ2) is 9.63. The minimum atomic E-state index is -0.521. The van der Waals surface area contributed by atoms with Gasteiger partial charge in [-0.1, -0.05) is 37.3 Å². The average Bonchev–Trinajstić information content (AvgIpc) is 3.52. The Morgan fingerprint density at radius 3 is 2.29 bits per heavy atom. The van der Waals surface area contributed by atoms with Gasteiger partial charge in [0.25, 0.3) is 0 Å². The first-order valence-corrected chi connectivity index (χ1v) is 12.5. The highest BCUT2D eigenvalue weighted by molar-refractivity contribution is 5.90. The summed E-state index contributed by atoms with van der Waals surface area (Å²) in [5.74, 6) is 0.124. The number of fused-ring (bicyclic) bond motifs is 3. The molecule has 0 fully saturated rings. The van der Waals surface area contributed by atoms with Crippen molar-refractivity contribution in [2.24, 2.45) is 0 Å². The molecule has 6 nitrogen and oxygen atoms in total. The van der Waals surface area contributed by atoms with Gasteiger partial charge in [-0.25, -0.2) is 18.3 Å². The Labute approximate surface area is 218 Å². The van der Waals surface area contributed by atoms with Crippen LogP contribution >= 0.6 is 0 Å². The molecule has 0 aliphatic carbocycles. The summed E-state index contributed by atoms with van der Waals surface area (Å²) in [5, 5.41) is 7.86. The molecule has 0 unspecified atom stereocenters. The Kier molecular flexibility index (Phi) is 5.99. The number of halogens is 2. The van der Waals surface area contributed by atoms with Crippen molar-refractivity contribution in [1.82, 2.24) is 19.2 Å². The summed E-state index contributed by atoms with van der Waals surface area (Å²) in [6.45, 7) is 2.31. The predicted molar refractivity (Wildman–Crippen MR) is 141 cm³/mol. The van der Waals surface area contributed by atoms with Gasteiger partial charge in [0, 0.05) is 17.4 Å². The Bertz CT molecular complexity index is 1590. The number of anilines is 1. The quantitative estimate of drug-likeness (QED) is 0.295. The summed E-state index contributed by atoms with van der Waals surface area (Å²) >= 11 is 0. The Morgan fingerprint density at radius 1 is 0.921 bits per heavy atom. The number of hydrogen-bond donors (Lipinski definition) is 1. The summed E-state index contributed by atoms with van der Waals surface area (Å²) in [7, 11) is 0. The Morgan fingerprint density at radius 2 is 1.61 bits per heavy atom. The van der Waals surface area contributed by atoms with Gasteiger partial charge in [-0.2, -0.15) is 5.10 Å². The number of nitrogens with one attached hydrogen (secondary N) is 1. The molecule has 0 saturated carbocycles. The van der Waals surface area contributed by atoms with E-state index in [1.54, 1.807) is 17.0 Å². The van der Waals surface area contributed by atoms with Crippen LogP contribution in [0.25, 0.3) is 11.5 Å². The molecular formula is C30H25F2N5O. The number of urea groups is 1. The van der Waals surface area contributed by atoms with Crippen LogP contribution in [0.2, 0.25) is 0 Å². The fourth-order valence-corrected chi connectivity index (χ4v) is 5.07. The van der Waals surface area contributed by atoms with Crippen LogP contribution in [-0.2, 0) is 13.0 Å². The third kappa shape index (κ3) is 4.14. The molecule has 0 bridgehead atoms. The van der Waals surface area contributed by atoms with Crippen LogP contribution in [0.4, 0.5) is 19.3 Å². The Hall–Kier alpha value is -4.72. The van der Waals surface area contributed by atoms with Crippen molar-refractivity contribution in [2.75, 3.05) is 5.32 Å². The molecule has 2 amide bonds. The van der Waals surface area contributed by atoms with Gasteiger partial charge in [0.05, 0.1) is 29.7 Å². The fourth-order valence-electron chi connectivity index (χ4n) is 5.07. The van der Waals surface area contributed by atoms with Crippen molar-refractivity contribution in [3.8, 4) is 11.5 Å². The molecule has 2 aromatic heterocycles. The number of rotatable bonds is 4. The molecule has 1 aliphatic heterocycles. The van der Waals surface area contributed by atoms with Crippen molar-refractivity contribution >= 4 is 11.7 Å². The minimum Gasteiger partial charge on any atom is -0.308 e. The predicted octanol–water partition coefficient (Wildman–Crippen LogP) is 6.64. The van der Waals surface area contributed by atoms with E-state index in [9.17, 15) is 13.6 Å². The first-order valence-electron chi connectivity index (χ1n) is 12.5. The van der Waals surface area contributed by atoms with Crippen molar-refractivity contribution < 1.29 is 13.6 Å². The van der Waals surface area contributed by atoms with E-state index in [4.69, 9.17) is 5.10 Å². The van der Waals surface area contributed by atoms with Gasteiger partial charge in [0.15, 0.2) is 0 Å². The van der Waals surface area contributed by atoms with Crippen LogP contribution in [0.15, 0.2) is 97.2 Å². The summed E-state index contributed by atoms with van der Waals surface area (Å²) in [6.07, 6.45) is 2.64. The summed E-state index contributed by atoms with van der Waals surface area (Å²) in [6, 6.07) is 24.8. The maximum absolute atomic E-state index is 13.9. The van der Waals surface area contributed by atoms with Gasteiger partial charge in [0.1, 0.15) is 17.5 Å². The maximum atomic E-state index is 13.9. The zero-order valence-corrected chi connectivity index (χ0v) is 20.7. The fraction of sp³-hybridized carbons (Fsp3) is 0.133.